The third-order valence-electron chi connectivity index (χ3n) is 8.24. The molecule has 0 unspecified atom stereocenters. The van der Waals surface area contributed by atoms with E-state index in [1.165, 1.54) is 0 Å². The number of likely N-dealkylation sites (tertiary alicyclic amines) is 1. The highest BCUT2D eigenvalue weighted by Crippen LogP contribution is 2.47. The van der Waals surface area contributed by atoms with Crippen LogP contribution in [0.25, 0.3) is 0 Å². The molecule has 0 aromatic heterocycles. The number of carbonyl (C=O) groups excluding carboxylic acids is 1. The maximum absolute atomic E-state index is 13.6. The Balaban J connectivity index is 1.44. The highest BCUT2D eigenvalue weighted by Gasteiger charge is 2.48. The first-order valence-corrected chi connectivity index (χ1v) is 15.0. The number of hydrogen-bond donors (Lipinski definition) is 2. The highest BCUT2D eigenvalue weighted by molar-refractivity contribution is 5.94. The molecule has 1 saturated heterocycles. The molecule has 9 nitrogen and oxygen atoms in total. The number of amides is 1. The summed E-state index contributed by atoms with van der Waals surface area (Å²) in [6.45, 7) is 8.17. The Bertz CT molecular complexity index is 1400. The summed E-state index contributed by atoms with van der Waals surface area (Å²) in [7, 11) is 0. The third kappa shape index (κ3) is 6.78. The number of carbonyl (C=O) groups is 2. The lowest BCUT2D eigenvalue weighted by atomic mass is 9.82. The van der Waals surface area contributed by atoms with E-state index in [-0.39, 0.29) is 25.2 Å². The lowest BCUT2D eigenvalue weighted by Crippen LogP contribution is -2.35. The molecule has 2 N–H and O–H groups in total. The van der Waals surface area contributed by atoms with Gasteiger partial charge in [0.25, 0.3) is 0 Å². The maximum atomic E-state index is 13.6. The van der Waals surface area contributed by atoms with Crippen LogP contribution in [0.15, 0.2) is 60.7 Å². The first-order valence-electron chi connectivity index (χ1n) is 15.0. The van der Waals surface area contributed by atoms with Gasteiger partial charge in [0, 0.05) is 30.8 Å². The fraction of sp³-hybridized carbons (Fsp3) is 0.412. The predicted molar refractivity (Wildman–Crippen MR) is 163 cm³/mol. The molecular weight excluding hydrogens is 548 g/mol. The van der Waals surface area contributed by atoms with Crippen LogP contribution in [0, 0.1) is 5.92 Å². The number of para-hydroxylation sites is 1. The summed E-state index contributed by atoms with van der Waals surface area (Å²) in [4.78, 5) is 28.5. The number of ether oxygens (including phenoxy) is 4. The van der Waals surface area contributed by atoms with Crippen LogP contribution in [0.4, 0.5) is 5.69 Å². The Hall–Kier alpha value is -4.08. The van der Waals surface area contributed by atoms with Crippen molar-refractivity contribution in [3.05, 3.63) is 82.9 Å². The number of hydrogen-bond acceptors (Lipinski definition) is 7. The minimum Gasteiger partial charge on any atom is -0.491 e. The summed E-state index contributed by atoms with van der Waals surface area (Å²) in [6, 6.07) is 18.6. The molecule has 0 aliphatic carbocycles. The molecule has 2 aliphatic rings. The van der Waals surface area contributed by atoms with Gasteiger partial charge in [-0.25, -0.2) is 0 Å². The van der Waals surface area contributed by atoms with Gasteiger partial charge in [0.1, 0.15) is 12.4 Å². The molecular formula is C34H40N2O7. The lowest BCUT2D eigenvalue weighted by Gasteiger charge is -2.27. The van der Waals surface area contributed by atoms with Crippen molar-refractivity contribution in [3.8, 4) is 17.2 Å². The van der Waals surface area contributed by atoms with Gasteiger partial charge >= 0.3 is 5.97 Å². The predicted octanol–water partition coefficient (Wildman–Crippen LogP) is 5.44. The Kier molecular flexibility index (Phi) is 9.84. The van der Waals surface area contributed by atoms with Crippen LogP contribution >= 0.6 is 0 Å². The zero-order valence-corrected chi connectivity index (χ0v) is 25.0. The molecule has 3 atom stereocenters. The first-order chi connectivity index (χ1) is 20.9. The van der Waals surface area contributed by atoms with Crippen molar-refractivity contribution in [2.45, 2.75) is 45.6 Å². The molecule has 0 radical (unpaired) electrons. The van der Waals surface area contributed by atoms with Gasteiger partial charge in [-0.15, -0.1) is 0 Å². The van der Waals surface area contributed by atoms with E-state index in [0.717, 1.165) is 40.8 Å². The Morgan fingerprint density at radius 1 is 0.930 bits per heavy atom. The quantitative estimate of drug-likeness (QED) is 0.255. The van der Waals surface area contributed by atoms with Crippen molar-refractivity contribution in [1.82, 2.24) is 4.90 Å². The van der Waals surface area contributed by atoms with Crippen LogP contribution in [0.3, 0.4) is 0 Å². The smallest absolute Gasteiger partial charge is 0.309 e. The normalized spacial score (nSPS) is 19.4. The zero-order valence-electron chi connectivity index (χ0n) is 25.0. The second-order valence-corrected chi connectivity index (χ2v) is 10.8. The number of aryl methyl sites for hydroxylation is 2. The van der Waals surface area contributed by atoms with E-state index in [2.05, 4.69) is 19.2 Å². The molecule has 2 aliphatic heterocycles. The fourth-order valence-electron chi connectivity index (χ4n) is 6.16. The van der Waals surface area contributed by atoms with Crippen molar-refractivity contribution in [2.75, 3.05) is 45.0 Å². The number of carboxylic acids is 1. The molecule has 5 rings (SSSR count). The molecule has 9 heteroatoms. The maximum Gasteiger partial charge on any atom is 0.309 e. The van der Waals surface area contributed by atoms with Gasteiger partial charge in [-0.1, -0.05) is 50.2 Å². The van der Waals surface area contributed by atoms with Gasteiger partial charge in [0.15, 0.2) is 11.5 Å². The summed E-state index contributed by atoms with van der Waals surface area (Å²) in [5, 5.41) is 13.8. The molecule has 0 bridgehead atoms. The van der Waals surface area contributed by atoms with Crippen LogP contribution in [-0.2, 0) is 27.2 Å². The number of nitrogens with zero attached hydrogens (tertiary/aromatic N) is 1. The van der Waals surface area contributed by atoms with Gasteiger partial charge in [0.2, 0.25) is 12.7 Å². The Morgan fingerprint density at radius 3 is 2.30 bits per heavy atom. The van der Waals surface area contributed by atoms with E-state index in [1.54, 1.807) is 0 Å². The number of fused-ring (bicyclic) bond motifs is 1. The number of benzene rings is 3. The molecule has 0 spiro atoms. The van der Waals surface area contributed by atoms with Crippen molar-refractivity contribution in [2.24, 2.45) is 5.92 Å². The molecule has 2 heterocycles. The fourth-order valence-corrected chi connectivity index (χ4v) is 6.16. The number of aliphatic carboxylic acids is 1. The summed E-state index contributed by atoms with van der Waals surface area (Å²) >= 11 is 0. The van der Waals surface area contributed by atoms with Gasteiger partial charge in [-0.05, 0) is 66.3 Å². The standard InChI is InChI=1S/C34H40N2O7/c1-4-22-8-7-9-23(5-2)32(22)35-30(37)20-36-19-27(25-12-15-28-29(18-25)43-21-42-28)31(34(38)39)33(36)24-10-13-26(14-11-24)41-17-16-40-6-3/h7-15,18,27,31,33H,4-6,16-17,19-21H2,1-3H3,(H,35,37)(H,38,39)/t27-,31-,33+/m1/s1. The number of carboxylic acid groups (broad SMARTS) is 1. The molecule has 3 aromatic carbocycles. The monoisotopic (exact) mass is 588 g/mol. The van der Waals surface area contributed by atoms with Crippen LogP contribution in [0.1, 0.15) is 55.0 Å². The van der Waals surface area contributed by atoms with E-state index in [1.807, 2.05) is 72.5 Å². The zero-order chi connectivity index (χ0) is 30.3. The summed E-state index contributed by atoms with van der Waals surface area (Å²) in [6.07, 6.45) is 1.59. The summed E-state index contributed by atoms with van der Waals surface area (Å²) in [5.74, 6) is -0.348. The van der Waals surface area contributed by atoms with Crippen molar-refractivity contribution >= 4 is 17.6 Å². The molecule has 1 amide bonds. The van der Waals surface area contributed by atoms with Crippen LogP contribution in [0.5, 0.6) is 17.2 Å². The Morgan fingerprint density at radius 2 is 1.63 bits per heavy atom. The minimum atomic E-state index is -0.919. The largest absolute Gasteiger partial charge is 0.491 e. The SMILES string of the molecule is CCOCCOc1ccc([C@H]2[C@H](C(=O)O)[C@@H](c3ccc4c(c3)OCO4)CN2CC(=O)Nc2c(CC)cccc2CC)cc1. The van der Waals surface area contributed by atoms with Crippen molar-refractivity contribution < 1.29 is 33.6 Å². The van der Waals surface area contributed by atoms with E-state index < -0.39 is 17.9 Å². The second-order valence-electron chi connectivity index (χ2n) is 10.8. The van der Waals surface area contributed by atoms with E-state index in [4.69, 9.17) is 18.9 Å². The minimum absolute atomic E-state index is 0.0449. The number of nitrogens with one attached hydrogen (secondary N) is 1. The lowest BCUT2D eigenvalue weighted by molar-refractivity contribution is -0.143. The number of rotatable bonds is 13. The molecule has 1 fully saturated rings. The third-order valence-corrected chi connectivity index (χ3v) is 8.24. The van der Waals surface area contributed by atoms with Gasteiger partial charge < -0.3 is 29.4 Å². The second kappa shape index (κ2) is 13.9. The summed E-state index contributed by atoms with van der Waals surface area (Å²) < 4.78 is 22.2. The first kappa shape index (κ1) is 30.4. The number of anilines is 1. The van der Waals surface area contributed by atoms with Crippen LogP contribution < -0.4 is 19.5 Å². The van der Waals surface area contributed by atoms with Gasteiger partial charge in [0.05, 0.1) is 19.1 Å². The molecule has 3 aromatic rings. The van der Waals surface area contributed by atoms with E-state index in [0.29, 0.717) is 43.6 Å². The topological polar surface area (TPSA) is 107 Å². The van der Waals surface area contributed by atoms with Crippen molar-refractivity contribution in [3.63, 3.8) is 0 Å². The molecule has 43 heavy (non-hydrogen) atoms. The van der Waals surface area contributed by atoms with Crippen LogP contribution in [0.2, 0.25) is 0 Å². The summed E-state index contributed by atoms with van der Waals surface area (Å²) in [5.41, 5.74) is 4.65. The Labute approximate surface area is 252 Å². The van der Waals surface area contributed by atoms with Gasteiger partial charge in [-0.3, -0.25) is 14.5 Å². The average Bonchev–Trinajstić information content (AvgIpc) is 3.64. The molecule has 228 valence electrons. The van der Waals surface area contributed by atoms with E-state index >= 15 is 0 Å². The van der Waals surface area contributed by atoms with Crippen molar-refractivity contribution in [1.29, 1.82) is 0 Å². The molecule has 0 saturated carbocycles. The van der Waals surface area contributed by atoms with E-state index in [9.17, 15) is 14.7 Å². The highest BCUT2D eigenvalue weighted by atomic mass is 16.7. The average molecular weight is 589 g/mol. The van der Waals surface area contributed by atoms with Gasteiger partial charge in [-0.2, -0.15) is 0 Å². The van der Waals surface area contributed by atoms with Crippen LogP contribution in [-0.4, -0.2) is 61.6 Å².